The Kier molecular flexibility index (Phi) is 4.26. The van der Waals surface area contributed by atoms with E-state index in [1.165, 1.54) is 6.07 Å². The van der Waals surface area contributed by atoms with E-state index >= 15 is 0 Å². The van der Waals surface area contributed by atoms with E-state index in [2.05, 4.69) is 0 Å². The van der Waals surface area contributed by atoms with Crippen molar-refractivity contribution in [1.82, 2.24) is 0 Å². The van der Waals surface area contributed by atoms with E-state index < -0.39 is 11.7 Å². The Balaban J connectivity index is 1.57. The summed E-state index contributed by atoms with van der Waals surface area (Å²) in [6.45, 7) is 0. The molecule has 0 aromatic heterocycles. The molecule has 3 rings (SSSR count). The third kappa shape index (κ3) is 3.51. The Morgan fingerprint density at radius 1 is 1.18 bits per heavy atom. The number of benzene rings is 1. The first-order valence-corrected chi connectivity index (χ1v) is 7.76. The molecule has 0 saturated carbocycles. The number of aryl methyl sites for hydroxylation is 1. The van der Waals surface area contributed by atoms with Gasteiger partial charge in [0.2, 0.25) is 0 Å². The van der Waals surface area contributed by atoms with E-state index in [0.717, 1.165) is 37.8 Å². The van der Waals surface area contributed by atoms with Crippen molar-refractivity contribution in [2.24, 2.45) is 5.92 Å². The Bertz CT molecular complexity index is 541. The molecule has 1 aromatic rings. The second-order valence-electron chi connectivity index (χ2n) is 6.29. The van der Waals surface area contributed by atoms with Gasteiger partial charge in [-0.25, -0.2) is 0 Å². The van der Waals surface area contributed by atoms with Gasteiger partial charge in [-0.1, -0.05) is 18.2 Å². The Morgan fingerprint density at radius 2 is 1.86 bits per heavy atom. The first-order chi connectivity index (χ1) is 10.4. The van der Waals surface area contributed by atoms with Crippen molar-refractivity contribution in [3.05, 3.63) is 35.4 Å². The number of ether oxygens (including phenoxy) is 1. The summed E-state index contributed by atoms with van der Waals surface area (Å²) in [4.78, 5) is 12.3. The Morgan fingerprint density at radius 3 is 2.50 bits per heavy atom. The lowest BCUT2D eigenvalue weighted by molar-refractivity contribution is -0.137. The van der Waals surface area contributed by atoms with Crippen LogP contribution in [0.5, 0.6) is 0 Å². The minimum atomic E-state index is -4.33. The van der Waals surface area contributed by atoms with E-state index in [0.29, 0.717) is 18.4 Å². The Labute approximate surface area is 127 Å². The lowest BCUT2D eigenvalue weighted by atomic mass is 9.88. The average molecular weight is 312 g/mol. The Hall–Kier alpha value is -1.36. The first kappa shape index (κ1) is 15.5. The number of halogens is 3. The topological polar surface area (TPSA) is 26.3 Å². The van der Waals surface area contributed by atoms with Crippen LogP contribution in [-0.4, -0.2) is 18.0 Å². The molecule has 0 spiro atoms. The van der Waals surface area contributed by atoms with E-state index in [9.17, 15) is 18.0 Å². The van der Waals surface area contributed by atoms with Gasteiger partial charge in [0.25, 0.3) is 0 Å². The van der Waals surface area contributed by atoms with Crippen LogP contribution in [0.4, 0.5) is 13.2 Å². The van der Waals surface area contributed by atoms with Crippen molar-refractivity contribution in [1.29, 1.82) is 0 Å². The molecular formula is C17H19F3O2. The molecule has 22 heavy (non-hydrogen) atoms. The smallest absolute Gasteiger partial charge is 0.375 e. The molecule has 2 heterocycles. The molecule has 2 saturated heterocycles. The van der Waals surface area contributed by atoms with E-state index in [1.807, 2.05) is 0 Å². The predicted molar refractivity (Wildman–Crippen MR) is 75.4 cm³/mol. The number of rotatable bonds is 4. The summed E-state index contributed by atoms with van der Waals surface area (Å²) in [5.41, 5.74) is -0.0835. The number of hydrogen-bond donors (Lipinski definition) is 0. The molecule has 0 N–H and O–H groups in total. The van der Waals surface area contributed by atoms with Crippen LogP contribution in [0.25, 0.3) is 0 Å². The average Bonchev–Trinajstić information content (AvgIpc) is 2.82. The van der Waals surface area contributed by atoms with Crippen LogP contribution in [0.2, 0.25) is 0 Å². The molecule has 2 bridgehead atoms. The monoisotopic (exact) mass is 312 g/mol. The zero-order valence-electron chi connectivity index (χ0n) is 12.2. The second kappa shape index (κ2) is 6.03. The minimum absolute atomic E-state index is 0.0250. The molecule has 5 heteroatoms. The van der Waals surface area contributed by atoms with Crippen molar-refractivity contribution in [2.45, 2.75) is 56.9 Å². The maximum Gasteiger partial charge on any atom is 0.416 e. The molecule has 2 atom stereocenters. The van der Waals surface area contributed by atoms with E-state index in [-0.39, 0.29) is 23.9 Å². The molecule has 120 valence electrons. The SMILES string of the molecule is O=C(CCc1cccc(C(F)(F)F)c1)C1CC2CCC(C1)O2. The molecule has 0 amide bonds. The molecule has 0 radical (unpaired) electrons. The van der Waals surface area contributed by atoms with Gasteiger partial charge in [-0.15, -0.1) is 0 Å². The molecule has 1 aromatic carbocycles. The highest BCUT2D eigenvalue weighted by Gasteiger charge is 2.37. The molecular weight excluding hydrogens is 293 g/mol. The zero-order chi connectivity index (χ0) is 15.7. The summed E-state index contributed by atoms with van der Waals surface area (Å²) in [7, 11) is 0. The summed E-state index contributed by atoms with van der Waals surface area (Å²) in [5, 5.41) is 0. The van der Waals surface area contributed by atoms with Crippen LogP contribution in [0.3, 0.4) is 0 Å². The number of Topliss-reactive ketones (excluding diaryl/α,β-unsaturated/α-hetero) is 1. The summed E-state index contributed by atoms with van der Waals surface area (Å²) in [5.74, 6) is 0.190. The first-order valence-electron chi connectivity index (χ1n) is 7.76. The number of carbonyl (C=O) groups excluding carboxylic acids is 1. The molecule has 0 aliphatic carbocycles. The van der Waals surface area contributed by atoms with Crippen molar-refractivity contribution >= 4 is 5.78 Å². The van der Waals surface area contributed by atoms with Gasteiger partial charge in [0, 0.05) is 12.3 Å². The minimum Gasteiger partial charge on any atom is -0.375 e. The van der Waals surface area contributed by atoms with E-state index in [1.54, 1.807) is 6.07 Å². The van der Waals surface area contributed by atoms with Gasteiger partial charge in [0.05, 0.1) is 17.8 Å². The van der Waals surface area contributed by atoms with Crippen LogP contribution < -0.4 is 0 Å². The number of fused-ring (bicyclic) bond motifs is 2. The van der Waals surface area contributed by atoms with E-state index in [4.69, 9.17) is 4.74 Å². The van der Waals surface area contributed by atoms with Crippen LogP contribution in [0, 0.1) is 5.92 Å². The standard InChI is InChI=1S/C17H19F3O2/c18-17(19,20)13-3-1-2-11(8-13)4-7-16(21)12-9-14-5-6-15(10-12)22-14/h1-3,8,12,14-15H,4-7,9-10H2. The van der Waals surface area contributed by atoms with Gasteiger partial charge < -0.3 is 4.74 Å². The highest BCUT2D eigenvalue weighted by atomic mass is 19.4. The maximum absolute atomic E-state index is 12.7. The van der Waals surface area contributed by atoms with Gasteiger partial charge in [-0.3, -0.25) is 4.79 Å². The van der Waals surface area contributed by atoms with Gasteiger partial charge in [0.1, 0.15) is 5.78 Å². The summed E-state index contributed by atoms with van der Waals surface area (Å²) < 4.78 is 43.7. The number of carbonyl (C=O) groups is 1. The summed E-state index contributed by atoms with van der Waals surface area (Å²) in [6, 6.07) is 5.25. The van der Waals surface area contributed by atoms with Crippen molar-refractivity contribution in [3.8, 4) is 0 Å². The fourth-order valence-corrected chi connectivity index (χ4v) is 3.50. The van der Waals surface area contributed by atoms with Crippen molar-refractivity contribution in [3.63, 3.8) is 0 Å². The predicted octanol–water partition coefficient (Wildman–Crippen LogP) is 4.16. The van der Waals surface area contributed by atoms with Crippen LogP contribution >= 0.6 is 0 Å². The molecule has 2 nitrogen and oxygen atoms in total. The van der Waals surface area contributed by atoms with Crippen LogP contribution in [-0.2, 0) is 22.1 Å². The normalized spacial score (nSPS) is 27.9. The largest absolute Gasteiger partial charge is 0.416 e. The van der Waals surface area contributed by atoms with Gasteiger partial charge in [0.15, 0.2) is 0 Å². The number of alkyl halides is 3. The molecule has 2 aliphatic heterocycles. The summed E-state index contributed by atoms with van der Waals surface area (Å²) in [6.07, 6.45) is 0.378. The third-order valence-electron chi connectivity index (χ3n) is 4.66. The van der Waals surface area contributed by atoms with Crippen molar-refractivity contribution in [2.75, 3.05) is 0 Å². The van der Waals surface area contributed by atoms with Gasteiger partial charge >= 0.3 is 6.18 Å². The molecule has 2 unspecified atom stereocenters. The number of hydrogen-bond acceptors (Lipinski definition) is 2. The lowest BCUT2D eigenvalue weighted by Gasteiger charge is -2.27. The van der Waals surface area contributed by atoms with Crippen molar-refractivity contribution < 1.29 is 22.7 Å². The quantitative estimate of drug-likeness (QED) is 0.834. The highest BCUT2D eigenvalue weighted by molar-refractivity contribution is 5.81. The lowest BCUT2D eigenvalue weighted by Crippen LogP contribution is -2.30. The molecule has 2 fully saturated rings. The highest BCUT2D eigenvalue weighted by Crippen LogP contribution is 2.37. The third-order valence-corrected chi connectivity index (χ3v) is 4.66. The summed E-state index contributed by atoms with van der Waals surface area (Å²) >= 11 is 0. The van der Waals surface area contributed by atoms with Crippen LogP contribution in [0.15, 0.2) is 24.3 Å². The van der Waals surface area contributed by atoms with Gasteiger partial charge in [-0.05, 0) is 43.7 Å². The molecule has 2 aliphatic rings. The van der Waals surface area contributed by atoms with Crippen LogP contribution in [0.1, 0.15) is 43.2 Å². The fraction of sp³-hybridized carbons (Fsp3) is 0.588. The number of ketones is 1. The second-order valence-corrected chi connectivity index (χ2v) is 6.29. The zero-order valence-corrected chi connectivity index (χ0v) is 12.2. The maximum atomic E-state index is 12.7. The fourth-order valence-electron chi connectivity index (χ4n) is 3.50. The van der Waals surface area contributed by atoms with Gasteiger partial charge in [-0.2, -0.15) is 13.2 Å².